The van der Waals surface area contributed by atoms with Gasteiger partial charge >= 0.3 is 8.97 Å². The molecule has 1 rings (SSSR count). The minimum absolute atomic E-state index is 0.107. The first-order valence-electron chi connectivity index (χ1n) is 5.20. The average molecular weight is 241 g/mol. The van der Waals surface area contributed by atoms with Gasteiger partial charge in [0.05, 0.1) is 0 Å². The van der Waals surface area contributed by atoms with E-state index in [1.165, 1.54) is 5.56 Å². The zero-order chi connectivity index (χ0) is 12.4. The van der Waals surface area contributed by atoms with Gasteiger partial charge in [0.2, 0.25) is 0 Å². The van der Waals surface area contributed by atoms with E-state index < -0.39 is 8.97 Å². The monoisotopic (exact) mass is 241 g/mol. The lowest BCUT2D eigenvalue weighted by Crippen LogP contribution is -2.51. The van der Waals surface area contributed by atoms with E-state index in [4.69, 9.17) is 14.4 Å². The number of benzene rings is 1. The lowest BCUT2D eigenvalue weighted by Gasteiger charge is -2.19. The maximum atomic E-state index is 8.80. The van der Waals surface area contributed by atoms with Gasteiger partial charge in [-0.05, 0) is 16.5 Å². The highest BCUT2D eigenvalue weighted by Gasteiger charge is 2.26. The van der Waals surface area contributed by atoms with Crippen molar-refractivity contribution in [2.75, 3.05) is 0 Å². The smallest absolute Gasteiger partial charge is 0.377 e. The Morgan fingerprint density at radius 3 is 1.94 bits per heavy atom. The van der Waals surface area contributed by atoms with Crippen molar-refractivity contribution in [1.29, 1.82) is 0 Å². The van der Waals surface area contributed by atoms with E-state index in [0.717, 1.165) is 5.56 Å². The molecular formula is C11H19NO3Si. The van der Waals surface area contributed by atoms with E-state index in [0.29, 0.717) is 0 Å². The Labute approximate surface area is 97.0 Å². The molecule has 0 radical (unpaired) electrons. The van der Waals surface area contributed by atoms with Gasteiger partial charge in [0, 0.05) is 6.54 Å². The van der Waals surface area contributed by atoms with Crippen molar-refractivity contribution in [2.24, 2.45) is 0 Å². The summed E-state index contributed by atoms with van der Waals surface area (Å²) in [7, 11) is -4.14. The topological polar surface area (TPSA) is 72.7 Å². The molecule has 0 aromatic heterocycles. The van der Waals surface area contributed by atoms with E-state index in [9.17, 15) is 0 Å². The van der Waals surface area contributed by atoms with Crippen molar-refractivity contribution in [3.63, 3.8) is 0 Å². The molecule has 90 valence electrons. The standard InChI is InChI=1S/C11H19NO3Si/c1-11(2,3)10-6-4-9(5-7-10)8-12-16(13,14)15/h4-7,12-15H,8H2,1-3H3. The minimum atomic E-state index is -4.14. The van der Waals surface area contributed by atoms with Gasteiger partial charge in [0.1, 0.15) is 0 Å². The second-order valence-corrected chi connectivity index (χ2v) is 6.56. The second-order valence-electron chi connectivity index (χ2n) is 4.94. The summed E-state index contributed by atoms with van der Waals surface area (Å²) in [5.74, 6) is 0. The van der Waals surface area contributed by atoms with Crippen LogP contribution in [0.1, 0.15) is 31.9 Å². The van der Waals surface area contributed by atoms with E-state index in [2.05, 4.69) is 25.8 Å². The second kappa shape index (κ2) is 4.64. The van der Waals surface area contributed by atoms with Crippen LogP contribution >= 0.6 is 0 Å². The van der Waals surface area contributed by atoms with Crippen molar-refractivity contribution in [1.82, 2.24) is 4.98 Å². The predicted molar refractivity (Wildman–Crippen MR) is 64.4 cm³/mol. The van der Waals surface area contributed by atoms with Gasteiger partial charge in [-0.25, -0.2) is 0 Å². The maximum absolute atomic E-state index is 8.80. The molecule has 0 bridgehead atoms. The summed E-state index contributed by atoms with van der Waals surface area (Å²) in [5.41, 5.74) is 2.23. The van der Waals surface area contributed by atoms with Gasteiger partial charge in [0.15, 0.2) is 0 Å². The van der Waals surface area contributed by atoms with Crippen molar-refractivity contribution >= 4 is 8.97 Å². The number of rotatable bonds is 3. The Balaban J connectivity index is 2.66. The quantitative estimate of drug-likeness (QED) is 0.581. The molecular weight excluding hydrogens is 222 g/mol. The Morgan fingerprint density at radius 2 is 1.56 bits per heavy atom. The maximum Gasteiger partial charge on any atom is 0.588 e. The van der Waals surface area contributed by atoms with Crippen molar-refractivity contribution in [3.8, 4) is 0 Å². The Kier molecular flexibility index (Phi) is 3.87. The zero-order valence-corrected chi connectivity index (χ0v) is 10.9. The predicted octanol–water partition coefficient (Wildman–Crippen LogP) is 0.486. The first kappa shape index (κ1) is 13.3. The summed E-state index contributed by atoms with van der Waals surface area (Å²) < 4.78 is 0. The fraction of sp³-hybridized carbons (Fsp3) is 0.455. The fourth-order valence-corrected chi connectivity index (χ4v) is 1.78. The van der Waals surface area contributed by atoms with Gasteiger partial charge < -0.3 is 14.4 Å². The van der Waals surface area contributed by atoms with Gasteiger partial charge in [0.25, 0.3) is 0 Å². The fourth-order valence-electron chi connectivity index (χ4n) is 1.34. The van der Waals surface area contributed by atoms with Crippen molar-refractivity contribution in [3.05, 3.63) is 35.4 Å². The number of hydrogen-bond acceptors (Lipinski definition) is 4. The van der Waals surface area contributed by atoms with Crippen LogP contribution in [-0.4, -0.2) is 23.4 Å². The molecule has 4 nitrogen and oxygen atoms in total. The van der Waals surface area contributed by atoms with Crippen LogP contribution in [-0.2, 0) is 12.0 Å². The Hall–Kier alpha value is -0.723. The van der Waals surface area contributed by atoms with Crippen LogP contribution in [0.3, 0.4) is 0 Å². The van der Waals surface area contributed by atoms with E-state index in [-0.39, 0.29) is 12.0 Å². The molecule has 4 N–H and O–H groups in total. The van der Waals surface area contributed by atoms with E-state index in [1.54, 1.807) is 0 Å². The highest BCUT2D eigenvalue weighted by Crippen LogP contribution is 2.22. The van der Waals surface area contributed by atoms with Gasteiger partial charge in [-0.2, -0.15) is 0 Å². The van der Waals surface area contributed by atoms with Crippen LogP contribution in [0.25, 0.3) is 0 Å². The molecule has 0 atom stereocenters. The third-order valence-electron chi connectivity index (χ3n) is 2.35. The normalized spacial score (nSPS) is 12.9. The summed E-state index contributed by atoms with van der Waals surface area (Å²) in [6.45, 7) is 6.65. The number of hydrogen-bond donors (Lipinski definition) is 4. The molecule has 0 aliphatic carbocycles. The lowest BCUT2D eigenvalue weighted by atomic mass is 9.87. The molecule has 0 aliphatic heterocycles. The van der Waals surface area contributed by atoms with Crippen LogP contribution in [0, 0.1) is 0 Å². The SMILES string of the molecule is CC(C)(C)c1ccc(CN[Si](O)(O)O)cc1. The summed E-state index contributed by atoms with van der Waals surface area (Å²) in [6.07, 6.45) is 0. The zero-order valence-electron chi connectivity index (χ0n) is 9.86. The molecule has 0 spiro atoms. The first-order chi connectivity index (χ1) is 7.18. The highest BCUT2D eigenvalue weighted by molar-refractivity contribution is 6.53. The summed E-state index contributed by atoms with van der Waals surface area (Å²) >= 11 is 0. The molecule has 0 unspecified atom stereocenters. The third kappa shape index (κ3) is 4.42. The minimum Gasteiger partial charge on any atom is -0.377 e. The highest BCUT2D eigenvalue weighted by atomic mass is 28.4. The van der Waals surface area contributed by atoms with E-state index in [1.807, 2.05) is 24.3 Å². The van der Waals surface area contributed by atoms with Crippen molar-refractivity contribution in [2.45, 2.75) is 32.7 Å². The summed E-state index contributed by atoms with van der Waals surface area (Å²) in [5, 5.41) is 0. The van der Waals surface area contributed by atoms with Gasteiger partial charge in [-0.1, -0.05) is 45.0 Å². The molecule has 0 saturated heterocycles. The molecule has 0 fully saturated rings. The van der Waals surface area contributed by atoms with Gasteiger partial charge in [-0.3, -0.25) is 4.98 Å². The largest absolute Gasteiger partial charge is 0.588 e. The van der Waals surface area contributed by atoms with Crippen molar-refractivity contribution < 1.29 is 14.4 Å². The van der Waals surface area contributed by atoms with Crippen LogP contribution in [0.5, 0.6) is 0 Å². The lowest BCUT2D eigenvalue weighted by molar-refractivity contribution is 0.208. The Bertz CT molecular complexity index is 338. The molecule has 16 heavy (non-hydrogen) atoms. The van der Waals surface area contributed by atoms with Crippen LogP contribution in [0.4, 0.5) is 0 Å². The summed E-state index contributed by atoms with van der Waals surface area (Å²) in [4.78, 5) is 28.7. The van der Waals surface area contributed by atoms with Gasteiger partial charge in [-0.15, -0.1) is 0 Å². The third-order valence-corrected chi connectivity index (χ3v) is 3.00. The average Bonchev–Trinajstić information content (AvgIpc) is 2.13. The van der Waals surface area contributed by atoms with Crippen LogP contribution in [0.15, 0.2) is 24.3 Å². The van der Waals surface area contributed by atoms with Crippen LogP contribution in [0.2, 0.25) is 0 Å². The molecule has 0 heterocycles. The molecule has 1 aromatic rings. The van der Waals surface area contributed by atoms with Crippen LogP contribution < -0.4 is 4.98 Å². The first-order valence-corrected chi connectivity index (χ1v) is 7.04. The molecule has 0 amide bonds. The Morgan fingerprint density at radius 1 is 1.06 bits per heavy atom. The molecule has 5 heteroatoms. The molecule has 0 aliphatic rings. The summed E-state index contributed by atoms with van der Waals surface area (Å²) in [6, 6.07) is 7.83. The number of nitrogens with one attached hydrogen (secondary N) is 1. The van der Waals surface area contributed by atoms with E-state index >= 15 is 0 Å². The molecule has 0 saturated carbocycles. The molecule has 1 aromatic carbocycles.